The van der Waals surface area contributed by atoms with E-state index >= 15 is 0 Å². The molecule has 0 radical (unpaired) electrons. The Bertz CT molecular complexity index is 3090. The fourth-order valence-corrected chi connectivity index (χ4v) is 8.16. The quantitative estimate of drug-likeness (QED) is 0.0409. The van der Waals surface area contributed by atoms with Gasteiger partial charge in [-0.1, -0.05) is 33.8 Å². The van der Waals surface area contributed by atoms with Gasteiger partial charge in [0.1, 0.15) is 37.3 Å². The van der Waals surface area contributed by atoms with E-state index in [4.69, 9.17) is 41.4 Å². The van der Waals surface area contributed by atoms with E-state index in [9.17, 15) is 31.7 Å². The number of ether oxygens (including phenoxy) is 2. The van der Waals surface area contributed by atoms with Crippen molar-refractivity contribution < 1.29 is 45.2 Å². The standard InChI is InChI=1S/C22H22N4O4S2.C16H16N2O3S.C6H8N2O2S.Cl2OS/c1-13(2)12-30-19-9-4-15(10-16(19)11-23)22-25-14(3)20(31-22)21(27)26-17-5-7-18(8-6-17)32(24,28)29;1-9(2)8-21-13-6-5-11(7-12(13)17-4)15-18-10(3)14(22-15)16(19)20;7-5-1-3-6(4-2-5)11(8,9)10;1-4(2)3/h4-10,13H,12H2,1-3H3,(H,26,27)(H2,24,28,29);5-7,9H,8H2,1-3H3,(H,19,20);1-4H,7H2,(H2,8,9,10);. The number of nitrogens with two attached hydrogens (primary N) is 3. The van der Waals surface area contributed by atoms with Crippen molar-refractivity contribution in [3.05, 3.63) is 123 Å². The first-order chi connectivity index (χ1) is 32.2. The number of halogens is 2. The molecule has 0 unspecified atom stereocenters. The molecule has 6 rings (SSSR count). The Kier molecular flexibility index (Phi) is 21.7. The number of thiazole rings is 2. The van der Waals surface area contributed by atoms with Crippen LogP contribution in [0, 0.1) is 43.6 Å². The Balaban J connectivity index is 0.000000292. The molecule has 0 fully saturated rings. The highest BCUT2D eigenvalue weighted by atomic mass is 36.0. The summed E-state index contributed by atoms with van der Waals surface area (Å²) in [5.74, 6) is 0.409. The van der Waals surface area contributed by atoms with Crippen LogP contribution in [-0.4, -0.2) is 61.2 Å². The molecule has 0 aliphatic carbocycles. The van der Waals surface area contributed by atoms with Gasteiger partial charge in [-0.05, 0) is 105 Å². The van der Waals surface area contributed by atoms with Crippen molar-refractivity contribution in [2.24, 2.45) is 22.1 Å². The fraction of sp³-hybridized carbons (Fsp3) is 0.227. The third kappa shape index (κ3) is 18.5. The number of nitrogens with zero attached hydrogens (tertiary/aromatic N) is 4. The topological polar surface area (TPSA) is 302 Å². The zero-order valence-corrected chi connectivity index (χ0v) is 43.2. The maximum atomic E-state index is 12.7. The van der Waals surface area contributed by atoms with Crippen molar-refractivity contribution in [1.82, 2.24) is 9.97 Å². The minimum absolute atomic E-state index is 0.0409. The van der Waals surface area contributed by atoms with Crippen LogP contribution < -0.4 is 30.8 Å². The number of sulfonamides is 2. The van der Waals surface area contributed by atoms with E-state index in [1.807, 2.05) is 33.8 Å². The highest BCUT2D eigenvalue weighted by molar-refractivity contribution is 8.26. The molecule has 6 aromatic rings. The number of aromatic nitrogens is 2. The predicted octanol–water partition coefficient (Wildman–Crippen LogP) is 9.29. The van der Waals surface area contributed by atoms with Crippen molar-refractivity contribution >= 4 is 102 Å². The Morgan fingerprint density at radius 3 is 1.67 bits per heavy atom. The number of carbonyl (C=O) groups is 2. The van der Waals surface area contributed by atoms with Gasteiger partial charge in [-0.15, -0.1) is 22.7 Å². The normalized spacial score (nSPS) is 10.9. The number of nitriles is 1. The molecule has 0 aliphatic rings. The lowest BCUT2D eigenvalue weighted by Gasteiger charge is -2.10. The number of primary sulfonamides is 2. The van der Waals surface area contributed by atoms with Gasteiger partial charge >= 0.3 is 5.97 Å². The number of hydrogen-bond acceptors (Lipinski definition) is 15. The summed E-state index contributed by atoms with van der Waals surface area (Å²) >= 11 is 2.31. The zero-order chi connectivity index (χ0) is 51.8. The Morgan fingerprint density at radius 1 is 0.797 bits per heavy atom. The number of benzene rings is 4. The van der Waals surface area contributed by atoms with Crippen molar-refractivity contribution in [1.29, 1.82) is 5.26 Å². The molecule has 0 saturated carbocycles. The van der Waals surface area contributed by atoms with Gasteiger partial charge in [0.05, 0.1) is 46.5 Å². The average Bonchev–Trinajstić information content (AvgIpc) is 3.87. The Morgan fingerprint density at radius 2 is 1.23 bits per heavy atom. The fourth-order valence-electron chi connectivity index (χ4n) is 5.27. The molecule has 2 heterocycles. The van der Waals surface area contributed by atoms with Gasteiger partial charge in [0.2, 0.25) is 35.0 Å². The second kappa shape index (κ2) is 26.1. The average molecular weight is 1080 g/mol. The highest BCUT2D eigenvalue weighted by Gasteiger charge is 2.19. The third-order valence-corrected chi connectivity index (χ3v) is 12.7. The molecule has 0 bridgehead atoms. The van der Waals surface area contributed by atoms with Crippen LogP contribution in [-0.2, 0) is 29.3 Å². The molecular formula is C44H46Cl2N8O10S5. The van der Waals surface area contributed by atoms with Crippen LogP contribution >= 0.6 is 44.0 Å². The molecule has 0 atom stereocenters. The number of amides is 1. The van der Waals surface area contributed by atoms with Crippen LogP contribution in [0.2, 0.25) is 0 Å². The number of carboxylic acid groups (broad SMARTS) is 1. The summed E-state index contributed by atoms with van der Waals surface area (Å²) in [5, 5.41) is 32.4. The van der Waals surface area contributed by atoms with Crippen LogP contribution in [0.4, 0.5) is 17.1 Å². The summed E-state index contributed by atoms with van der Waals surface area (Å²) in [6, 6.07) is 23.9. The third-order valence-electron chi connectivity index (χ3n) is 8.46. The maximum Gasteiger partial charge on any atom is 0.347 e. The monoisotopic (exact) mass is 1080 g/mol. The molecule has 4 aromatic carbocycles. The molecule has 69 heavy (non-hydrogen) atoms. The number of rotatable bonds is 13. The second-order valence-electron chi connectivity index (χ2n) is 15.0. The van der Waals surface area contributed by atoms with Crippen LogP contribution in [0.1, 0.15) is 64.0 Å². The van der Waals surface area contributed by atoms with Crippen molar-refractivity contribution in [2.75, 3.05) is 24.3 Å². The molecule has 18 nitrogen and oxygen atoms in total. The Hall–Kier alpha value is -5.99. The molecule has 0 saturated heterocycles. The van der Waals surface area contributed by atoms with Gasteiger partial charge in [-0.2, -0.15) is 5.26 Å². The van der Waals surface area contributed by atoms with Gasteiger partial charge in [-0.25, -0.2) is 50.9 Å². The van der Waals surface area contributed by atoms with Gasteiger partial charge in [0.15, 0.2) is 0 Å². The number of hydrogen-bond donors (Lipinski definition) is 5. The number of carboxylic acids is 1. The lowest BCUT2D eigenvalue weighted by atomic mass is 10.1. The van der Waals surface area contributed by atoms with Gasteiger partial charge < -0.3 is 25.6 Å². The second-order valence-corrected chi connectivity index (χ2v) is 22.7. The van der Waals surface area contributed by atoms with E-state index in [-0.39, 0.29) is 20.6 Å². The lowest BCUT2D eigenvalue weighted by molar-refractivity contribution is 0.0700. The molecule has 0 aliphatic heterocycles. The molecule has 1 amide bonds. The molecule has 25 heteroatoms. The highest BCUT2D eigenvalue weighted by Crippen LogP contribution is 2.36. The van der Waals surface area contributed by atoms with Gasteiger partial charge in [0.25, 0.3) is 5.91 Å². The first kappa shape index (κ1) is 57.3. The number of aryl methyl sites for hydroxylation is 2. The molecular weight excluding hydrogens is 1030 g/mol. The van der Waals surface area contributed by atoms with Crippen LogP contribution in [0.15, 0.2) is 94.7 Å². The predicted molar refractivity (Wildman–Crippen MR) is 271 cm³/mol. The summed E-state index contributed by atoms with van der Waals surface area (Å²) < 4.78 is 64.5. The van der Waals surface area contributed by atoms with E-state index in [2.05, 4.69) is 47.6 Å². The van der Waals surface area contributed by atoms with Crippen molar-refractivity contribution in [3.8, 4) is 38.7 Å². The van der Waals surface area contributed by atoms with E-state index in [0.717, 1.165) is 16.9 Å². The molecule has 8 N–H and O–H groups in total. The lowest BCUT2D eigenvalue weighted by Crippen LogP contribution is -2.13. The number of nitrogen functional groups attached to an aromatic ring is 1. The summed E-state index contributed by atoms with van der Waals surface area (Å²) in [7, 11) is -0.0209. The van der Waals surface area contributed by atoms with Gasteiger partial charge in [-0.3, -0.25) is 4.79 Å². The minimum Gasteiger partial charge on any atom is -0.504 e. The number of anilines is 2. The van der Waals surface area contributed by atoms with Gasteiger partial charge in [0, 0.05) is 43.9 Å². The minimum atomic E-state index is -3.80. The molecule has 2 aromatic heterocycles. The van der Waals surface area contributed by atoms with E-state index in [0.29, 0.717) is 91.0 Å². The zero-order valence-electron chi connectivity index (χ0n) is 37.6. The summed E-state index contributed by atoms with van der Waals surface area (Å²) in [4.78, 5) is 36.7. The SMILES string of the molecule is Cc1nc(-c2ccc(OCC(C)C)c(C#N)c2)sc1C(=O)Nc1ccc(S(N)(=O)=O)cc1.Nc1ccc(S(N)(=O)=O)cc1.O=S(Cl)Cl.[C-]#[N+]c1cc(-c2nc(C)c(C(=O)O)s2)ccc1OCC(C)C. The maximum absolute atomic E-state index is 12.7. The molecule has 366 valence electrons. The summed E-state index contributed by atoms with van der Waals surface area (Å²) in [6.07, 6.45) is 0. The van der Waals surface area contributed by atoms with Crippen LogP contribution in [0.5, 0.6) is 11.5 Å². The first-order valence-corrected chi connectivity index (χ1v) is 27.3. The van der Waals surface area contributed by atoms with Crippen molar-refractivity contribution in [2.45, 2.75) is 51.3 Å². The van der Waals surface area contributed by atoms with E-state index in [1.54, 1.807) is 44.2 Å². The Labute approximate surface area is 419 Å². The van der Waals surface area contributed by atoms with Crippen LogP contribution in [0.25, 0.3) is 26.0 Å². The first-order valence-electron chi connectivity index (χ1n) is 19.8. The number of carbonyl (C=O) groups excluding carboxylic acids is 1. The van der Waals surface area contributed by atoms with Crippen LogP contribution in [0.3, 0.4) is 0 Å². The number of nitrogens with one attached hydrogen (secondary N) is 1. The number of aromatic carboxylic acids is 1. The molecule has 0 spiro atoms. The van der Waals surface area contributed by atoms with Crippen molar-refractivity contribution in [3.63, 3.8) is 0 Å². The largest absolute Gasteiger partial charge is 0.504 e. The van der Waals surface area contributed by atoms with E-state index < -0.39 is 35.2 Å². The summed E-state index contributed by atoms with van der Waals surface area (Å²) in [5.41, 5.74) is 9.54. The smallest absolute Gasteiger partial charge is 0.347 e. The summed E-state index contributed by atoms with van der Waals surface area (Å²) in [6.45, 7) is 19.9. The van der Waals surface area contributed by atoms with E-state index in [1.165, 1.54) is 59.9 Å².